The standard InChI is InChI=1S/C9H14IN/c1-7(2)8-3-5-9(11-10)6-4-8/h3-6H2,1-2H3. The highest BCUT2D eigenvalue weighted by molar-refractivity contribution is 14.1. The van der Waals surface area contributed by atoms with Gasteiger partial charge in [-0.3, -0.25) is 0 Å². The molecule has 0 radical (unpaired) electrons. The Bertz CT molecular complexity index is 188. The van der Waals surface area contributed by atoms with Crippen LogP contribution >= 0.6 is 22.9 Å². The number of hydrogen-bond acceptors (Lipinski definition) is 1. The smallest absolute Gasteiger partial charge is 0.0830 e. The summed E-state index contributed by atoms with van der Waals surface area (Å²) in [7, 11) is 0. The van der Waals surface area contributed by atoms with Crippen molar-refractivity contribution in [2.45, 2.75) is 39.5 Å². The molecule has 0 aromatic heterocycles. The average molecular weight is 263 g/mol. The van der Waals surface area contributed by atoms with Crippen LogP contribution in [0, 0.1) is 0 Å². The summed E-state index contributed by atoms with van der Waals surface area (Å²) in [6, 6.07) is 0. The van der Waals surface area contributed by atoms with Crippen molar-refractivity contribution in [1.29, 1.82) is 0 Å². The fourth-order valence-electron chi connectivity index (χ4n) is 1.42. The second kappa shape index (κ2) is 4.24. The molecule has 0 aromatic rings. The van der Waals surface area contributed by atoms with Crippen molar-refractivity contribution in [1.82, 2.24) is 0 Å². The molecule has 0 saturated heterocycles. The van der Waals surface area contributed by atoms with Crippen LogP contribution in [-0.4, -0.2) is 5.71 Å². The van der Waals surface area contributed by atoms with Gasteiger partial charge in [-0.05, 0) is 39.5 Å². The maximum Gasteiger partial charge on any atom is 0.0830 e. The predicted molar refractivity (Wildman–Crippen MR) is 58.3 cm³/mol. The van der Waals surface area contributed by atoms with E-state index in [1.54, 1.807) is 5.57 Å². The van der Waals surface area contributed by atoms with Gasteiger partial charge in [0.25, 0.3) is 0 Å². The predicted octanol–water partition coefficient (Wildman–Crippen LogP) is 3.69. The van der Waals surface area contributed by atoms with Gasteiger partial charge in [-0.25, -0.2) is 3.21 Å². The highest BCUT2D eigenvalue weighted by atomic mass is 127. The molecule has 1 aliphatic rings. The molecule has 11 heavy (non-hydrogen) atoms. The monoisotopic (exact) mass is 263 g/mol. The molecule has 0 bridgehead atoms. The first-order chi connectivity index (χ1) is 5.24. The first kappa shape index (κ1) is 9.23. The molecule has 1 fully saturated rings. The Balaban J connectivity index is 2.56. The zero-order valence-corrected chi connectivity index (χ0v) is 9.31. The lowest BCUT2D eigenvalue weighted by molar-refractivity contribution is 0.811. The van der Waals surface area contributed by atoms with E-state index >= 15 is 0 Å². The van der Waals surface area contributed by atoms with Crippen LogP contribution in [0.5, 0.6) is 0 Å². The minimum absolute atomic E-state index is 1.18. The molecule has 0 amide bonds. The third-order valence-electron chi connectivity index (χ3n) is 2.26. The molecule has 0 atom stereocenters. The van der Waals surface area contributed by atoms with Crippen molar-refractivity contribution >= 4 is 28.6 Å². The maximum atomic E-state index is 4.21. The molecular formula is C9H14IN. The van der Waals surface area contributed by atoms with Gasteiger partial charge in [0.2, 0.25) is 0 Å². The van der Waals surface area contributed by atoms with Crippen molar-refractivity contribution in [2.75, 3.05) is 0 Å². The minimum atomic E-state index is 1.18. The molecule has 0 aliphatic heterocycles. The van der Waals surface area contributed by atoms with E-state index < -0.39 is 0 Å². The van der Waals surface area contributed by atoms with Gasteiger partial charge in [-0.1, -0.05) is 11.1 Å². The highest BCUT2D eigenvalue weighted by Crippen LogP contribution is 2.24. The summed E-state index contributed by atoms with van der Waals surface area (Å²) in [6.07, 6.45) is 4.85. The van der Waals surface area contributed by atoms with E-state index in [1.165, 1.54) is 37.0 Å². The van der Waals surface area contributed by atoms with Gasteiger partial charge < -0.3 is 0 Å². The van der Waals surface area contributed by atoms with Crippen LogP contribution in [0.3, 0.4) is 0 Å². The van der Waals surface area contributed by atoms with Gasteiger partial charge in [-0.15, -0.1) is 0 Å². The first-order valence-electron chi connectivity index (χ1n) is 4.06. The molecule has 1 rings (SSSR count). The molecule has 0 spiro atoms. The van der Waals surface area contributed by atoms with E-state index in [0.717, 1.165) is 0 Å². The van der Waals surface area contributed by atoms with Crippen LogP contribution in [0.2, 0.25) is 0 Å². The summed E-state index contributed by atoms with van der Waals surface area (Å²) in [4.78, 5) is 0. The van der Waals surface area contributed by atoms with Crippen LogP contribution in [-0.2, 0) is 0 Å². The largest absolute Gasteiger partial charge is 0.224 e. The summed E-state index contributed by atoms with van der Waals surface area (Å²) < 4.78 is 4.21. The Hall–Kier alpha value is 0.140. The van der Waals surface area contributed by atoms with Crippen LogP contribution in [0.25, 0.3) is 0 Å². The molecule has 0 unspecified atom stereocenters. The normalized spacial score (nSPS) is 18.5. The SMILES string of the molecule is CC(C)=C1CCC(=NI)CC1. The van der Waals surface area contributed by atoms with Crippen LogP contribution < -0.4 is 0 Å². The van der Waals surface area contributed by atoms with Gasteiger partial charge in [0.15, 0.2) is 0 Å². The van der Waals surface area contributed by atoms with Crippen LogP contribution in [0.15, 0.2) is 14.4 Å². The van der Waals surface area contributed by atoms with E-state index in [2.05, 4.69) is 39.9 Å². The Morgan fingerprint density at radius 3 is 2.09 bits per heavy atom. The number of nitrogens with zero attached hydrogens (tertiary/aromatic N) is 1. The summed E-state index contributed by atoms with van der Waals surface area (Å²) >= 11 is 2.10. The molecule has 1 nitrogen and oxygen atoms in total. The molecular weight excluding hydrogens is 249 g/mol. The Morgan fingerprint density at radius 2 is 1.73 bits per heavy atom. The quantitative estimate of drug-likeness (QED) is 0.467. The van der Waals surface area contributed by atoms with Gasteiger partial charge in [0.1, 0.15) is 0 Å². The van der Waals surface area contributed by atoms with E-state index in [1.807, 2.05) is 0 Å². The fraction of sp³-hybridized carbons (Fsp3) is 0.667. The lowest BCUT2D eigenvalue weighted by Gasteiger charge is -2.16. The summed E-state index contributed by atoms with van der Waals surface area (Å²) in [6.45, 7) is 4.42. The van der Waals surface area contributed by atoms with Crippen molar-refractivity contribution < 1.29 is 0 Å². The topological polar surface area (TPSA) is 12.4 Å². The number of hydrogen-bond donors (Lipinski definition) is 0. The number of allylic oxidation sites excluding steroid dienone is 2. The third-order valence-corrected chi connectivity index (χ3v) is 2.94. The fourth-order valence-corrected chi connectivity index (χ4v) is 1.91. The van der Waals surface area contributed by atoms with Gasteiger partial charge in [-0.2, -0.15) is 0 Å². The summed E-state index contributed by atoms with van der Waals surface area (Å²) in [5.41, 5.74) is 4.54. The molecule has 62 valence electrons. The highest BCUT2D eigenvalue weighted by Gasteiger charge is 2.11. The Morgan fingerprint density at radius 1 is 1.18 bits per heavy atom. The lowest BCUT2D eigenvalue weighted by Crippen LogP contribution is -2.06. The molecule has 0 N–H and O–H groups in total. The van der Waals surface area contributed by atoms with Gasteiger partial charge in [0.05, 0.1) is 22.9 Å². The van der Waals surface area contributed by atoms with Gasteiger partial charge in [0, 0.05) is 5.71 Å². The second-order valence-electron chi connectivity index (χ2n) is 3.25. The maximum absolute atomic E-state index is 4.21. The molecule has 1 saturated carbocycles. The Labute approximate surface area is 82.5 Å². The zero-order chi connectivity index (χ0) is 8.27. The molecule has 1 aliphatic carbocycles. The average Bonchev–Trinajstić information content (AvgIpc) is 2.05. The molecule has 2 heteroatoms. The minimum Gasteiger partial charge on any atom is -0.224 e. The lowest BCUT2D eigenvalue weighted by atomic mass is 9.91. The second-order valence-corrected chi connectivity index (χ2v) is 3.74. The number of halogens is 1. The third kappa shape index (κ3) is 2.58. The van der Waals surface area contributed by atoms with Gasteiger partial charge >= 0.3 is 0 Å². The summed E-state index contributed by atoms with van der Waals surface area (Å²) in [5, 5.41) is 0. The van der Waals surface area contributed by atoms with E-state index in [4.69, 9.17) is 0 Å². The zero-order valence-electron chi connectivity index (χ0n) is 7.15. The van der Waals surface area contributed by atoms with E-state index in [0.29, 0.717) is 0 Å². The van der Waals surface area contributed by atoms with Crippen molar-refractivity contribution in [2.24, 2.45) is 3.21 Å². The number of rotatable bonds is 0. The molecule has 0 aromatic carbocycles. The van der Waals surface area contributed by atoms with E-state index in [9.17, 15) is 0 Å². The van der Waals surface area contributed by atoms with E-state index in [-0.39, 0.29) is 0 Å². The van der Waals surface area contributed by atoms with Crippen molar-refractivity contribution in [3.63, 3.8) is 0 Å². The van der Waals surface area contributed by atoms with Crippen LogP contribution in [0.1, 0.15) is 39.5 Å². The van der Waals surface area contributed by atoms with Crippen molar-refractivity contribution in [3.05, 3.63) is 11.1 Å². The van der Waals surface area contributed by atoms with Crippen molar-refractivity contribution in [3.8, 4) is 0 Å². The Kier molecular flexibility index (Phi) is 3.55. The first-order valence-corrected chi connectivity index (χ1v) is 5.02. The van der Waals surface area contributed by atoms with Crippen LogP contribution in [0.4, 0.5) is 0 Å². The summed E-state index contributed by atoms with van der Waals surface area (Å²) in [5.74, 6) is 0. The molecule has 0 heterocycles.